The summed E-state index contributed by atoms with van der Waals surface area (Å²) in [6.45, 7) is 20.7. The van der Waals surface area contributed by atoms with Crippen LogP contribution < -0.4 is 5.32 Å². The van der Waals surface area contributed by atoms with Gasteiger partial charge in [0.1, 0.15) is 11.2 Å². The van der Waals surface area contributed by atoms with Gasteiger partial charge >= 0.3 is 23.9 Å². The summed E-state index contributed by atoms with van der Waals surface area (Å²) in [7, 11) is 0. The third-order valence-electron chi connectivity index (χ3n) is 7.11. The molecule has 0 unspecified atom stereocenters. The number of nitrogens with one attached hydrogen (secondary N) is 1. The highest BCUT2D eigenvalue weighted by Crippen LogP contribution is 2.09. The number of aliphatic hydroxyl groups is 2. The van der Waals surface area contributed by atoms with Crippen LogP contribution in [-0.4, -0.2) is 210 Å². The summed E-state index contributed by atoms with van der Waals surface area (Å²) in [6, 6.07) is 0. The zero-order valence-electron chi connectivity index (χ0n) is 31.2. The predicted octanol–water partition coefficient (Wildman–Crippen LogP) is -0.292. The predicted molar refractivity (Wildman–Crippen MR) is 195 cm³/mol. The molecule has 0 bridgehead atoms. The van der Waals surface area contributed by atoms with Crippen LogP contribution in [0.25, 0.3) is 0 Å². The Morgan fingerprint density at radius 2 is 0.920 bits per heavy atom. The molecule has 2 heterocycles. The van der Waals surface area contributed by atoms with Gasteiger partial charge in [-0.1, -0.05) is 15.9 Å². The molecule has 17 heteroatoms. The molecule has 0 atom stereocenters. The molecule has 0 aromatic carbocycles. The fourth-order valence-electron chi connectivity index (χ4n) is 4.84. The lowest BCUT2D eigenvalue weighted by molar-refractivity contribution is -0.158. The average molecular weight is 786 g/mol. The second-order valence-electron chi connectivity index (χ2n) is 14.1. The molecule has 0 aromatic rings. The fourth-order valence-corrected chi connectivity index (χ4v) is 5.09. The molecule has 16 nitrogen and oxygen atoms in total. The first-order valence-corrected chi connectivity index (χ1v) is 18.5. The van der Waals surface area contributed by atoms with Crippen molar-refractivity contribution >= 4 is 39.8 Å². The van der Waals surface area contributed by atoms with Gasteiger partial charge in [0.05, 0.1) is 32.8 Å². The van der Waals surface area contributed by atoms with Crippen LogP contribution in [0.15, 0.2) is 0 Å². The van der Waals surface area contributed by atoms with E-state index in [1.54, 1.807) is 9.80 Å². The first kappa shape index (κ1) is 48.0. The Labute approximate surface area is 307 Å². The second-order valence-corrected chi connectivity index (χ2v) is 14.9. The monoisotopic (exact) mass is 784 g/mol. The van der Waals surface area contributed by atoms with Gasteiger partial charge in [0.2, 0.25) is 0 Å². The molecular weight excluding hydrogens is 720 g/mol. The lowest BCUT2D eigenvalue weighted by Crippen LogP contribution is -2.42. The van der Waals surface area contributed by atoms with E-state index in [2.05, 4.69) is 31.0 Å². The van der Waals surface area contributed by atoms with Crippen LogP contribution in [-0.2, 0) is 28.7 Å². The zero-order valence-corrected chi connectivity index (χ0v) is 32.8. The van der Waals surface area contributed by atoms with Crippen molar-refractivity contribution in [1.29, 1.82) is 0 Å². The van der Waals surface area contributed by atoms with Crippen molar-refractivity contribution in [2.24, 2.45) is 0 Å². The van der Waals surface area contributed by atoms with E-state index in [-0.39, 0.29) is 44.7 Å². The molecule has 2 fully saturated rings. The van der Waals surface area contributed by atoms with Gasteiger partial charge in [-0.3, -0.25) is 43.7 Å². The first-order chi connectivity index (χ1) is 23.4. The highest BCUT2D eigenvalue weighted by atomic mass is 79.9. The molecular formula is C33H65BrN6O10. The van der Waals surface area contributed by atoms with Gasteiger partial charge < -0.3 is 35.2 Å². The largest absolute Gasteiger partial charge is 0.480 e. The molecule has 50 heavy (non-hydrogen) atoms. The zero-order chi connectivity index (χ0) is 38.2. The van der Waals surface area contributed by atoms with Gasteiger partial charge in [-0.05, 0) is 48.0 Å². The molecule has 0 aromatic heterocycles. The molecule has 0 radical (unpaired) electrons. The minimum Gasteiger partial charge on any atom is -0.480 e. The van der Waals surface area contributed by atoms with E-state index in [0.717, 1.165) is 37.9 Å². The van der Waals surface area contributed by atoms with Crippen LogP contribution in [0.2, 0.25) is 0 Å². The van der Waals surface area contributed by atoms with Gasteiger partial charge in [-0.25, -0.2) is 0 Å². The molecule has 0 aliphatic carbocycles. The van der Waals surface area contributed by atoms with Crippen LogP contribution in [0.1, 0.15) is 48.0 Å². The van der Waals surface area contributed by atoms with Crippen LogP contribution in [0.5, 0.6) is 0 Å². The van der Waals surface area contributed by atoms with Gasteiger partial charge in [0, 0.05) is 97.0 Å². The van der Waals surface area contributed by atoms with Gasteiger partial charge in [0.25, 0.3) is 0 Å². The SMILES string of the molecule is CC(C)(C)OC(=O)CN1CCNCCN(CC(=O)OC(C)(C)C)CC1.O=C(O)CN1CCN(CCO)CCN(CC(=O)O)CC1.OCCCBr. The Kier molecular flexibility index (Phi) is 25.7. The summed E-state index contributed by atoms with van der Waals surface area (Å²) in [5, 5.41) is 39.1. The molecule has 2 aliphatic rings. The van der Waals surface area contributed by atoms with Crippen molar-refractivity contribution in [1.82, 2.24) is 29.8 Å². The number of carbonyl (C=O) groups is 4. The number of halogens is 1. The summed E-state index contributed by atoms with van der Waals surface area (Å²) < 4.78 is 10.8. The van der Waals surface area contributed by atoms with E-state index in [4.69, 9.17) is 29.9 Å². The normalized spacial score (nSPS) is 18.3. The van der Waals surface area contributed by atoms with Gasteiger partial charge in [0.15, 0.2) is 0 Å². The average Bonchev–Trinajstić information content (AvgIpc) is 3.13. The third-order valence-corrected chi connectivity index (χ3v) is 7.67. The van der Waals surface area contributed by atoms with E-state index in [1.807, 2.05) is 46.4 Å². The lowest BCUT2D eigenvalue weighted by atomic mass is 10.2. The second kappa shape index (κ2) is 26.8. The number of carboxylic acid groups (broad SMARTS) is 2. The molecule has 2 aliphatic heterocycles. The number of hydrogen-bond acceptors (Lipinski definition) is 14. The van der Waals surface area contributed by atoms with E-state index in [0.29, 0.717) is 65.5 Å². The number of aliphatic carboxylic acids is 2. The molecule has 2 rings (SSSR count). The van der Waals surface area contributed by atoms with Crippen molar-refractivity contribution < 1.29 is 49.1 Å². The Morgan fingerprint density at radius 3 is 1.18 bits per heavy atom. The molecule has 0 amide bonds. The maximum Gasteiger partial charge on any atom is 0.320 e. The maximum atomic E-state index is 12.1. The smallest absolute Gasteiger partial charge is 0.320 e. The topological polar surface area (TPSA) is 196 Å². The molecule has 294 valence electrons. The summed E-state index contributed by atoms with van der Waals surface area (Å²) in [6.07, 6.45) is 0.861. The number of carboxylic acids is 2. The van der Waals surface area contributed by atoms with Crippen molar-refractivity contribution in [3.05, 3.63) is 0 Å². The first-order valence-electron chi connectivity index (χ1n) is 17.3. The lowest BCUT2D eigenvalue weighted by Gasteiger charge is -2.27. The van der Waals surface area contributed by atoms with Crippen molar-refractivity contribution in [2.75, 3.05) is 130 Å². The quantitative estimate of drug-likeness (QED) is 0.128. The fraction of sp³-hybridized carbons (Fsp3) is 0.879. The number of ether oxygens (including phenoxy) is 2. The Balaban J connectivity index is 0.000000860. The highest BCUT2D eigenvalue weighted by Gasteiger charge is 2.23. The molecule has 0 spiro atoms. The van der Waals surface area contributed by atoms with Gasteiger partial charge in [-0.2, -0.15) is 0 Å². The highest BCUT2D eigenvalue weighted by molar-refractivity contribution is 9.09. The third kappa shape index (κ3) is 28.7. The van der Waals surface area contributed by atoms with Crippen molar-refractivity contribution in [2.45, 2.75) is 59.2 Å². The summed E-state index contributed by atoms with van der Waals surface area (Å²) in [5.74, 6) is -2.21. The molecule has 5 N–H and O–H groups in total. The van der Waals surface area contributed by atoms with Crippen molar-refractivity contribution in [3.63, 3.8) is 0 Å². The minimum atomic E-state index is -0.886. The van der Waals surface area contributed by atoms with Gasteiger partial charge in [-0.15, -0.1) is 0 Å². The number of alkyl halides is 1. The Morgan fingerprint density at radius 1 is 0.580 bits per heavy atom. The van der Waals surface area contributed by atoms with E-state index < -0.39 is 23.1 Å². The number of carbonyl (C=O) groups excluding carboxylic acids is 2. The van der Waals surface area contributed by atoms with Crippen LogP contribution in [0.4, 0.5) is 0 Å². The summed E-state index contributed by atoms with van der Waals surface area (Å²) >= 11 is 3.15. The Bertz CT molecular complexity index is 896. The molecule has 0 saturated carbocycles. The molecule has 2 saturated heterocycles. The van der Waals surface area contributed by atoms with Crippen LogP contribution in [0.3, 0.4) is 0 Å². The standard InChI is InChI=1S/C18H35N3O4.C12H23N3O5.C3H7BrO/c1-17(2,3)24-15(22)13-20-9-7-19-8-10-21(12-11-20)14-16(23)25-18(4,5)6;16-8-7-13-1-3-14(9-11(17)18)5-6-15(4-2-13)10-12(19)20;4-2-1-3-5/h19H,7-14H2,1-6H3;16H,1-10H2,(H,17,18)(H,19,20);5H,1-3H2. The van der Waals surface area contributed by atoms with Crippen LogP contribution in [0, 0.1) is 0 Å². The number of aliphatic hydroxyl groups excluding tert-OH is 2. The van der Waals surface area contributed by atoms with E-state index >= 15 is 0 Å². The number of nitrogens with zero attached hydrogens (tertiary/aromatic N) is 5. The number of esters is 2. The minimum absolute atomic E-state index is 0.0395. The summed E-state index contributed by atoms with van der Waals surface area (Å²) in [4.78, 5) is 55.5. The van der Waals surface area contributed by atoms with Crippen molar-refractivity contribution in [3.8, 4) is 0 Å². The van der Waals surface area contributed by atoms with E-state index in [9.17, 15) is 19.2 Å². The van der Waals surface area contributed by atoms with Crippen LogP contribution >= 0.6 is 15.9 Å². The Hall–Kier alpha value is -1.96. The number of rotatable bonds is 12. The summed E-state index contributed by atoms with van der Waals surface area (Å²) in [5.41, 5.74) is -0.949. The maximum absolute atomic E-state index is 12.1. The van der Waals surface area contributed by atoms with E-state index in [1.165, 1.54) is 0 Å². The number of β-amino-alcohol motifs (C(OH)–C–C–N with tert-alkyl or cyclic N) is 1. The number of hydrogen-bond donors (Lipinski definition) is 5.